The number of anilines is 2. The summed E-state index contributed by atoms with van der Waals surface area (Å²) in [4.78, 5) is 12.4. The fourth-order valence-electron chi connectivity index (χ4n) is 2.96. The molecule has 0 spiro atoms. The summed E-state index contributed by atoms with van der Waals surface area (Å²) in [6.07, 6.45) is 3.60. The van der Waals surface area contributed by atoms with Crippen molar-refractivity contribution in [2.24, 2.45) is 5.84 Å². The van der Waals surface area contributed by atoms with Gasteiger partial charge in [0.25, 0.3) is 0 Å². The third kappa shape index (κ3) is 2.04. The van der Waals surface area contributed by atoms with Crippen molar-refractivity contribution in [3.63, 3.8) is 0 Å². The molecule has 3 N–H and O–H groups in total. The van der Waals surface area contributed by atoms with Gasteiger partial charge in [-0.05, 0) is 37.6 Å². The Morgan fingerprint density at radius 1 is 1.47 bits per heavy atom. The van der Waals surface area contributed by atoms with Crippen LogP contribution in [-0.4, -0.2) is 22.1 Å². The molecule has 1 aliphatic rings. The van der Waals surface area contributed by atoms with Gasteiger partial charge >= 0.3 is 0 Å². The van der Waals surface area contributed by atoms with Crippen LogP contribution in [0, 0.1) is 0 Å². The number of nitrogens with two attached hydrogens (primary N) is 1. The number of nitrogens with one attached hydrogen (secondary N) is 1. The van der Waals surface area contributed by atoms with E-state index in [2.05, 4.69) is 45.6 Å². The van der Waals surface area contributed by atoms with E-state index >= 15 is 0 Å². The number of hydrogen-bond donors (Lipinski definition) is 2. The maximum atomic E-state index is 5.49. The van der Waals surface area contributed by atoms with Crippen LogP contribution in [0.2, 0.25) is 0 Å². The highest BCUT2D eigenvalue weighted by molar-refractivity contribution is 7.16. The summed E-state index contributed by atoms with van der Waals surface area (Å²) in [5.74, 6) is 7.01. The Morgan fingerprint density at radius 2 is 2.32 bits per heavy atom. The SMILES string of the molecule is CCC1CCC(C)N1c1nc(NN)nc2sccc12. The number of aromatic nitrogens is 2. The van der Waals surface area contributed by atoms with Crippen molar-refractivity contribution in [2.45, 2.75) is 45.2 Å². The van der Waals surface area contributed by atoms with Gasteiger partial charge in [0, 0.05) is 12.1 Å². The molecular formula is C13H19N5S. The van der Waals surface area contributed by atoms with Gasteiger partial charge in [-0.25, -0.2) is 10.8 Å². The van der Waals surface area contributed by atoms with Crippen molar-refractivity contribution >= 4 is 33.3 Å². The fraction of sp³-hybridized carbons (Fsp3) is 0.538. The monoisotopic (exact) mass is 277 g/mol. The molecule has 2 aromatic rings. The summed E-state index contributed by atoms with van der Waals surface area (Å²) in [6.45, 7) is 4.51. The maximum absolute atomic E-state index is 5.49. The lowest BCUT2D eigenvalue weighted by atomic mass is 10.1. The van der Waals surface area contributed by atoms with Gasteiger partial charge in [-0.3, -0.25) is 5.43 Å². The Labute approximate surface area is 116 Å². The van der Waals surface area contributed by atoms with E-state index in [9.17, 15) is 0 Å². The van der Waals surface area contributed by atoms with E-state index in [-0.39, 0.29) is 0 Å². The predicted octanol–water partition coefficient (Wildman–Crippen LogP) is 2.74. The fourth-order valence-corrected chi connectivity index (χ4v) is 3.71. The minimum Gasteiger partial charge on any atom is -0.350 e. The molecule has 0 amide bonds. The molecule has 2 unspecified atom stereocenters. The predicted molar refractivity (Wildman–Crippen MR) is 80.5 cm³/mol. The molecule has 19 heavy (non-hydrogen) atoms. The van der Waals surface area contributed by atoms with Gasteiger partial charge in [0.1, 0.15) is 10.6 Å². The van der Waals surface area contributed by atoms with Crippen molar-refractivity contribution in [3.05, 3.63) is 11.4 Å². The average Bonchev–Trinajstić information content (AvgIpc) is 3.03. The number of nitrogens with zero attached hydrogens (tertiary/aromatic N) is 3. The van der Waals surface area contributed by atoms with Gasteiger partial charge in [0.05, 0.1) is 5.39 Å². The number of thiophene rings is 1. The number of rotatable bonds is 3. The second-order valence-electron chi connectivity index (χ2n) is 5.05. The van der Waals surface area contributed by atoms with Crippen molar-refractivity contribution in [3.8, 4) is 0 Å². The van der Waals surface area contributed by atoms with E-state index in [0.29, 0.717) is 18.0 Å². The summed E-state index contributed by atoms with van der Waals surface area (Å²) in [7, 11) is 0. The summed E-state index contributed by atoms with van der Waals surface area (Å²) in [5, 5.41) is 3.20. The third-order valence-electron chi connectivity index (χ3n) is 3.94. The first-order valence-electron chi connectivity index (χ1n) is 6.74. The zero-order valence-corrected chi connectivity index (χ0v) is 12.1. The van der Waals surface area contributed by atoms with E-state index in [0.717, 1.165) is 22.5 Å². The quantitative estimate of drug-likeness (QED) is 0.667. The van der Waals surface area contributed by atoms with Crippen LogP contribution < -0.4 is 16.2 Å². The molecular weight excluding hydrogens is 258 g/mol. The van der Waals surface area contributed by atoms with Gasteiger partial charge in [-0.2, -0.15) is 4.98 Å². The van der Waals surface area contributed by atoms with E-state index in [4.69, 9.17) is 5.84 Å². The lowest BCUT2D eigenvalue weighted by Gasteiger charge is -2.29. The van der Waals surface area contributed by atoms with Gasteiger partial charge in [0.15, 0.2) is 0 Å². The molecule has 3 rings (SSSR count). The largest absolute Gasteiger partial charge is 0.350 e. The second-order valence-corrected chi connectivity index (χ2v) is 5.94. The molecule has 102 valence electrons. The topological polar surface area (TPSA) is 67.1 Å². The van der Waals surface area contributed by atoms with E-state index in [1.807, 2.05) is 0 Å². The van der Waals surface area contributed by atoms with Crippen LogP contribution in [-0.2, 0) is 0 Å². The minimum atomic E-state index is 0.499. The third-order valence-corrected chi connectivity index (χ3v) is 4.74. The van der Waals surface area contributed by atoms with Crippen molar-refractivity contribution in [1.29, 1.82) is 0 Å². The molecule has 2 atom stereocenters. The van der Waals surface area contributed by atoms with Crippen LogP contribution in [0.15, 0.2) is 11.4 Å². The molecule has 0 bridgehead atoms. The molecule has 6 heteroatoms. The van der Waals surface area contributed by atoms with Crippen LogP contribution in [0.5, 0.6) is 0 Å². The highest BCUT2D eigenvalue weighted by atomic mass is 32.1. The lowest BCUT2D eigenvalue weighted by Crippen LogP contribution is -2.35. The first-order chi connectivity index (χ1) is 9.24. The molecule has 1 fully saturated rings. The number of hydrazine groups is 1. The first-order valence-corrected chi connectivity index (χ1v) is 7.62. The summed E-state index contributed by atoms with van der Waals surface area (Å²) >= 11 is 1.63. The van der Waals surface area contributed by atoms with Crippen LogP contribution in [0.4, 0.5) is 11.8 Å². The average molecular weight is 277 g/mol. The van der Waals surface area contributed by atoms with Crippen LogP contribution in [0.3, 0.4) is 0 Å². The normalized spacial score (nSPS) is 23.2. The molecule has 1 saturated heterocycles. The maximum Gasteiger partial charge on any atom is 0.240 e. The standard InChI is InChI=1S/C13H19N5S/c1-3-9-5-4-8(2)18(9)11-10-6-7-19-12(10)16-13(15-11)17-14/h6-9H,3-5,14H2,1-2H3,(H,15,16,17). The molecule has 3 heterocycles. The minimum absolute atomic E-state index is 0.499. The summed E-state index contributed by atoms with van der Waals surface area (Å²) in [6, 6.07) is 3.19. The summed E-state index contributed by atoms with van der Waals surface area (Å²) < 4.78 is 0. The molecule has 5 nitrogen and oxygen atoms in total. The molecule has 0 radical (unpaired) electrons. The highest BCUT2D eigenvalue weighted by Crippen LogP contribution is 2.36. The number of nitrogen functional groups attached to an aromatic ring is 1. The van der Waals surface area contributed by atoms with Crippen LogP contribution >= 0.6 is 11.3 Å². The van der Waals surface area contributed by atoms with E-state index < -0.39 is 0 Å². The number of fused-ring (bicyclic) bond motifs is 1. The second kappa shape index (κ2) is 4.94. The van der Waals surface area contributed by atoms with E-state index in [1.165, 1.54) is 12.8 Å². The first kappa shape index (κ1) is 12.6. The Morgan fingerprint density at radius 3 is 3.05 bits per heavy atom. The Kier molecular flexibility index (Phi) is 3.28. The Balaban J connectivity index is 2.14. The smallest absolute Gasteiger partial charge is 0.240 e. The molecule has 0 saturated carbocycles. The molecule has 2 aromatic heterocycles. The summed E-state index contributed by atoms with van der Waals surface area (Å²) in [5.41, 5.74) is 2.58. The van der Waals surface area contributed by atoms with Gasteiger partial charge in [-0.15, -0.1) is 11.3 Å². The van der Waals surface area contributed by atoms with Gasteiger partial charge < -0.3 is 4.90 Å². The Hall–Kier alpha value is -1.40. The van der Waals surface area contributed by atoms with Gasteiger partial charge in [0.2, 0.25) is 5.95 Å². The zero-order chi connectivity index (χ0) is 13.4. The van der Waals surface area contributed by atoms with Crippen LogP contribution in [0.25, 0.3) is 10.2 Å². The molecule has 0 aliphatic carbocycles. The van der Waals surface area contributed by atoms with Crippen LogP contribution in [0.1, 0.15) is 33.1 Å². The van der Waals surface area contributed by atoms with Gasteiger partial charge in [-0.1, -0.05) is 6.92 Å². The van der Waals surface area contributed by atoms with Crippen molar-refractivity contribution in [2.75, 3.05) is 10.3 Å². The zero-order valence-electron chi connectivity index (χ0n) is 11.3. The van der Waals surface area contributed by atoms with E-state index in [1.54, 1.807) is 11.3 Å². The molecule has 0 aromatic carbocycles. The van der Waals surface area contributed by atoms with Crippen molar-refractivity contribution < 1.29 is 0 Å². The van der Waals surface area contributed by atoms with Crippen molar-refractivity contribution in [1.82, 2.24) is 9.97 Å². The highest BCUT2D eigenvalue weighted by Gasteiger charge is 2.32. The Bertz CT molecular complexity index is 581. The lowest BCUT2D eigenvalue weighted by molar-refractivity contribution is 0.623. The number of hydrogen-bond acceptors (Lipinski definition) is 6. The molecule has 1 aliphatic heterocycles.